The molecule has 0 radical (unpaired) electrons. The molecule has 0 spiro atoms. The summed E-state index contributed by atoms with van der Waals surface area (Å²) in [5.74, 6) is 0.447. The number of fused-ring (bicyclic) bond motifs is 1. The Morgan fingerprint density at radius 2 is 1.88 bits per heavy atom. The zero-order chi connectivity index (χ0) is 11.9. The van der Waals surface area contributed by atoms with Gasteiger partial charge in [0.2, 0.25) is 0 Å². The molecule has 0 aliphatic carbocycles. The zero-order valence-electron chi connectivity index (χ0n) is 10.1. The predicted octanol–water partition coefficient (Wildman–Crippen LogP) is 2.20. The molecule has 0 N–H and O–H groups in total. The highest BCUT2D eigenvalue weighted by Crippen LogP contribution is 2.15. The lowest BCUT2D eigenvalue weighted by Crippen LogP contribution is -2.22. The van der Waals surface area contributed by atoms with Crippen LogP contribution >= 0.6 is 0 Å². The second-order valence-electron chi connectivity index (χ2n) is 4.65. The summed E-state index contributed by atoms with van der Waals surface area (Å²) in [5, 5.41) is 0. The Kier molecular flexibility index (Phi) is 2.58. The van der Waals surface area contributed by atoms with E-state index >= 15 is 0 Å². The SMILES string of the molecule is CC(C)c1ccc2nc(=O)n(C(C)C)n2c1. The minimum Gasteiger partial charge on any atom is -0.244 e. The first-order valence-corrected chi connectivity index (χ1v) is 5.61. The number of pyridine rings is 1. The van der Waals surface area contributed by atoms with E-state index in [1.807, 2.05) is 36.7 Å². The van der Waals surface area contributed by atoms with Crippen LogP contribution in [0.4, 0.5) is 0 Å². The van der Waals surface area contributed by atoms with Crippen LogP contribution in [-0.4, -0.2) is 14.2 Å². The Morgan fingerprint density at radius 1 is 1.19 bits per heavy atom. The van der Waals surface area contributed by atoms with Crippen molar-refractivity contribution in [1.29, 1.82) is 0 Å². The fourth-order valence-electron chi connectivity index (χ4n) is 1.81. The summed E-state index contributed by atoms with van der Waals surface area (Å²) in [6, 6.07) is 4.04. The number of aromatic nitrogens is 3. The molecule has 2 rings (SSSR count). The Balaban J connectivity index is 2.75. The molecule has 16 heavy (non-hydrogen) atoms. The van der Waals surface area contributed by atoms with Gasteiger partial charge in [-0.25, -0.2) is 14.0 Å². The van der Waals surface area contributed by atoms with Gasteiger partial charge < -0.3 is 0 Å². The van der Waals surface area contributed by atoms with Crippen molar-refractivity contribution in [2.45, 2.75) is 39.7 Å². The standard InChI is InChI=1S/C12H17N3O/c1-8(2)10-5-6-11-13-12(16)15(9(3)4)14(11)7-10/h5-9H,1-4H3. The van der Waals surface area contributed by atoms with Crippen LogP contribution in [0.3, 0.4) is 0 Å². The highest BCUT2D eigenvalue weighted by molar-refractivity contribution is 5.38. The second kappa shape index (κ2) is 3.77. The van der Waals surface area contributed by atoms with Crippen LogP contribution in [-0.2, 0) is 0 Å². The van der Waals surface area contributed by atoms with Gasteiger partial charge in [0, 0.05) is 6.20 Å². The lowest BCUT2D eigenvalue weighted by atomic mass is 10.1. The van der Waals surface area contributed by atoms with Gasteiger partial charge in [-0.15, -0.1) is 0 Å². The summed E-state index contributed by atoms with van der Waals surface area (Å²) in [7, 11) is 0. The van der Waals surface area contributed by atoms with Crippen LogP contribution in [0.2, 0.25) is 0 Å². The number of nitrogens with zero attached hydrogens (tertiary/aromatic N) is 3. The van der Waals surface area contributed by atoms with E-state index < -0.39 is 0 Å². The van der Waals surface area contributed by atoms with Gasteiger partial charge in [0.1, 0.15) is 0 Å². The third-order valence-corrected chi connectivity index (χ3v) is 2.73. The molecular formula is C12H17N3O. The van der Waals surface area contributed by atoms with Gasteiger partial charge in [-0.1, -0.05) is 19.9 Å². The van der Waals surface area contributed by atoms with E-state index in [9.17, 15) is 4.79 Å². The van der Waals surface area contributed by atoms with Crippen molar-refractivity contribution in [3.8, 4) is 0 Å². The number of rotatable bonds is 2. The van der Waals surface area contributed by atoms with E-state index in [-0.39, 0.29) is 11.7 Å². The fourth-order valence-corrected chi connectivity index (χ4v) is 1.81. The molecule has 0 saturated heterocycles. The zero-order valence-corrected chi connectivity index (χ0v) is 10.1. The lowest BCUT2D eigenvalue weighted by molar-refractivity contribution is 0.485. The topological polar surface area (TPSA) is 39.3 Å². The van der Waals surface area contributed by atoms with E-state index in [1.54, 1.807) is 4.68 Å². The molecular weight excluding hydrogens is 202 g/mol. The molecule has 86 valence electrons. The van der Waals surface area contributed by atoms with Crippen LogP contribution in [0.25, 0.3) is 5.65 Å². The van der Waals surface area contributed by atoms with E-state index in [2.05, 4.69) is 18.8 Å². The third-order valence-electron chi connectivity index (χ3n) is 2.73. The summed E-state index contributed by atoms with van der Waals surface area (Å²) < 4.78 is 3.52. The maximum absolute atomic E-state index is 11.7. The van der Waals surface area contributed by atoms with E-state index in [0.717, 1.165) is 0 Å². The molecule has 2 aromatic rings. The average Bonchev–Trinajstić information content (AvgIpc) is 2.51. The third kappa shape index (κ3) is 1.64. The highest BCUT2D eigenvalue weighted by atomic mass is 16.2. The molecule has 0 atom stereocenters. The van der Waals surface area contributed by atoms with E-state index in [4.69, 9.17) is 0 Å². The largest absolute Gasteiger partial charge is 0.364 e. The molecule has 0 fully saturated rings. The summed E-state index contributed by atoms with van der Waals surface area (Å²) >= 11 is 0. The summed E-state index contributed by atoms with van der Waals surface area (Å²) in [5.41, 5.74) is 1.73. The van der Waals surface area contributed by atoms with Gasteiger partial charge in [0.05, 0.1) is 6.04 Å². The van der Waals surface area contributed by atoms with E-state index in [1.165, 1.54) is 5.56 Å². The van der Waals surface area contributed by atoms with Crippen molar-refractivity contribution in [1.82, 2.24) is 14.2 Å². The van der Waals surface area contributed by atoms with Gasteiger partial charge >= 0.3 is 5.69 Å². The molecule has 0 aromatic carbocycles. The minimum absolute atomic E-state index is 0.116. The highest BCUT2D eigenvalue weighted by Gasteiger charge is 2.10. The van der Waals surface area contributed by atoms with Gasteiger partial charge in [0.25, 0.3) is 0 Å². The molecule has 0 bridgehead atoms. The first-order chi connectivity index (χ1) is 7.50. The van der Waals surface area contributed by atoms with Gasteiger partial charge in [-0.2, -0.15) is 4.98 Å². The molecule has 0 aliphatic heterocycles. The quantitative estimate of drug-likeness (QED) is 0.776. The van der Waals surface area contributed by atoms with Crippen LogP contribution in [0.15, 0.2) is 23.1 Å². The Bertz CT molecular complexity index is 563. The maximum atomic E-state index is 11.7. The molecule has 4 nitrogen and oxygen atoms in total. The summed E-state index contributed by atoms with van der Waals surface area (Å²) in [6.07, 6.45) is 1.99. The molecule has 4 heteroatoms. The Morgan fingerprint density at radius 3 is 2.44 bits per heavy atom. The molecule has 0 saturated carbocycles. The fraction of sp³-hybridized carbons (Fsp3) is 0.500. The Labute approximate surface area is 94.5 Å². The van der Waals surface area contributed by atoms with E-state index in [0.29, 0.717) is 11.6 Å². The van der Waals surface area contributed by atoms with Crippen molar-refractivity contribution >= 4 is 5.65 Å². The van der Waals surface area contributed by atoms with Crippen LogP contribution in [0, 0.1) is 0 Å². The average molecular weight is 219 g/mol. The smallest absolute Gasteiger partial charge is 0.244 e. The van der Waals surface area contributed by atoms with Crippen molar-refractivity contribution < 1.29 is 0 Å². The first-order valence-electron chi connectivity index (χ1n) is 5.61. The molecule has 0 aliphatic rings. The van der Waals surface area contributed by atoms with Crippen molar-refractivity contribution in [3.05, 3.63) is 34.4 Å². The van der Waals surface area contributed by atoms with Crippen LogP contribution < -0.4 is 5.69 Å². The van der Waals surface area contributed by atoms with Crippen molar-refractivity contribution in [2.75, 3.05) is 0 Å². The number of hydrogen-bond acceptors (Lipinski definition) is 2. The number of hydrogen-bond donors (Lipinski definition) is 0. The minimum atomic E-state index is -0.184. The Hall–Kier alpha value is -1.58. The predicted molar refractivity (Wildman–Crippen MR) is 63.9 cm³/mol. The van der Waals surface area contributed by atoms with Crippen molar-refractivity contribution in [2.24, 2.45) is 0 Å². The molecule has 0 amide bonds. The maximum Gasteiger partial charge on any atom is 0.364 e. The normalized spacial score (nSPS) is 11.9. The molecule has 0 unspecified atom stereocenters. The van der Waals surface area contributed by atoms with Crippen LogP contribution in [0.5, 0.6) is 0 Å². The monoisotopic (exact) mass is 219 g/mol. The van der Waals surface area contributed by atoms with Gasteiger partial charge in [0.15, 0.2) is 5.65 Å². The van der Waals surface area contributed by atoms with Gasteiger partial charge in [-0.3, -0.25) is 0 Å². The molecule has 2 aromatic heterocycles. The van der Waals surface area contributed by atoms with Crippen molar-refractivity contribution in [3.63, 3.8) is 0 Å². The first kappa shape index (κ1) is 10.9. The summed E-state index contributed by atoms with van der Waals surface area (Å²) in [6.45, 7) is 8.24. The second-order valence-corrected chi connectivity index (χ2v) is 4.65. The summed E-state index contributed by atoms with van der Waals surface area (Å²) in [4.78, 5) is 15.7. The lowest BCUT2D eigenvalue weighted by Gasteiger charge is -2.11. The van der Waals surface area contributed by atoms with Gasteiger partial charge in [-0.05, 0) is 31.4 Å². The van der Waals surface area contributed by atoms with Crippen LogP contribution in [0.1, 0.15) is 45.2 Å². The molecule has 2 heterocycles.